The zero-order chi connectivity index (χ0) is 15.9. The highest BCUT2D eigenvalue weighted by Crippen LogP contribution is 2.30. The third kappa shape index (κ3) is 2.00. The van der Waals surface area contributed by atoms with Crippen LogP contribution in [0.15, 0.2) is 30.3 Å². The lowest BCUT2D eigenvalue weighted by atomic mass is 10.1. The lowest BCUT2D eigenvalue weighted by molar-refractivity contribution is 0.0962. The van der Waals surface area contributed by atoms with Crippen molar-refractivity contribution < 1.29 is 4.79 Å². The summed E-state index contributed by atoms with van der Waals surface area (Å²) < 4.78 is 1.70. The third-order valence-electron chi connectivity index (χ3n) is 3.78. The van der Waals surface area contributed by atoms with Gasteiger partial charge < -0.3 is 11.1 Å². The van der Waals surface area contributed by atoms with Crippen molar-refractivity contribution >= 4 is 17.4 Å². The molecule has 2 aromatic heterocycles. The van der Waals surface area contributed by atoms with Gasteiger partial charge in [-0.1, -0.05) is 30.3 Å². The molecule has 0 unspecified atom stereocenters. The lowest BCUT2D eigenvalue weighted by Gasteiger charge is -2.06. The fourth-order valence-corrected chi connectivity index (χ4v) is 2.77. The van der Waals surface area contributed by atoms with E-state index in [1.165, 1.54) is 0 Å². The van der Waals surface area contributed by atoms with Crippen LogP contribution in [0.3, 0.4) is 0 Å². The van der Waals surface area contributed by atoms with Crippen molar-refractivity contribution in [3.8, 4) is 11.3 Å². The summed E-state index contributed by atoms with van der Waals surface area (Å²) in [6.07, 6.45) is 0. The molecule has 0 fully saturated rings. The molecular weight excluding hydrogens is 278 g/mol. The smallest absolute Gasteiger partial charge is 0.253 e. The highest BCUT2D eigenvalue weighted by atomic mass is 16.1. The number of carbonyl (C=O) groups is 1. The number of nitrogens with one attached hydrogen (secondary N) is 1. The highest BCUT2D eigenvalue weighted by molar-refractivity contribution is 6.00. The highest BCUT2D eigenvalue weighted by Gasteiger charge is 2.22. The minimum Gasteiger partial charge on any atom is -0.367 e. The molecule has 0 atom stereocenters. The SMILES string of the molecule is CNC(=O)c1c(C)c2c(-c3ccccc3)nc(N)nn2c1C. The fraction of sp³-hybridized carbons (Fsp3) is 0.188. The van der Waals surface area contributed by atoms with Gasteiger partial charge in [0.2, 0.25) is 5.95 Å². The van der Waals surface area contributed by atoms with Gasteiger partial charge in [0.15, 0.2) is 0 Å². The monoisotopic (exact) mass is 295 g/mol. The molecule has 0 saturated carbocycles. The molecule has 22 heavy (non-hydrogen) atoms. The van der Waals surface area contributed by atoms with Gasteiger partial charge in [-0.3, -0.25) is 4.79 Å². The average molecular weight is 295 g/mol. The zero-order valence-corrected chi connectivity index (χ0v) is 12.7. The van der Waals surface area contributed by atoms with Crippen molar-refractivity contribution in [2.24, 2.45) is 0 Å². The van der Waals surface area contributed by atoms with Crippen LogP contribution in [0.2, 0.25) is 0 Å². The molecule has 0 saturated heterocycles. The Morgan fingerprint density at radius 3 is 2.55 bits per heavy atom. The van der Waals surface area contributed by atoms with Crippen molar-refractivity contribution in [1.82, 2.24) is 19.9 Å². The van der Waals surface area contributed by atoms with Gasteiger partial charge in [0, 0.05) is 12.6 Å². The number of aryl methyl sites for hydroxylation is 2. The van der Waals surface area contributed by atoms with E-state index in [2.05, 4.69) is 15.4 Å². The third-order valence-corrected chi connectivity index (χ3v) is 3.78. The number of amides is 1. The lowest BCUT2D eigenvalue weighted by Crippen LogP contribution is -2.19. The van der Waals surface area contributed by atoms with E-state index in [1.807, 2.05) is 44.2 Å². The van der Waals surface area contributed by atoms with Crippen LogP contribution >= 0.6 is 0 Å². The van der Waals surface area contributed by atoms with Gasteiger partial charge in [0.05, 0.1) is 16.8 Å². The van der Waals surface area contributed by atoms with E-state index in [4.69, 9.17) is 5.73 Å². The van der Waals surface area contributed by atoms with Crippen molar-refractivity contribution in [3.63, 3.8) is 0 Å². The van der Waals surface area contributed by atoms with Crippen molar-refractivity contribution in [1.29, 1.82) is 0 Å². The molecule has 0 aliphatic carbocycles. The molecule has 0 spiro atoms. The Hall–Kier alpha value is -2.89. The molecule has 3 rings (SSSR count). The van der Waals surface area contributed by atoms with Gasteiger partial charge in [-0.15, -0.1) is 5.10 Å². The van der Waals surface area contributed by atoms with E-state index < -0.39 is 0 Å². The Bertz CT molecular complexity index is 867. The summed E-state index contributed by atoms with van der Waals surface area (Å²) in [5.41, 5.74) is 10.5. The summed E-state index contributed by atoms with van der Waals surface area (Å²) >= 11 is 0. The number of benzene rings is 1. The molecule has 112 valence electrons. The summed E-state index contributed by atoms with van der Waals surface area (Å²) in [5, 5.41) is 6.93. The molecule has 0 radical (unpaired) electrons. The van der Waals surface area contributed by atoms with Crippen molar-refractivity contribution in [2.45, 2.75) is 13.8 Å². The number of aromatic nitrogens is 3. The Morgan fingerprint density at radius 2 is 1.91 bits per heavy atom. The standard InChI is InChI=1S/C16H17N5O/c1-9-12(15(22)18-3)10(2)21-14(9)13(19-16(17)20-21)11-7-5-4-6-8-11/h4-8H,1-3H3,(H2,17,20)(H,18,22). The molecule has 0 bridgehead atoms. The van der Waals surface area contributed by atoms with Gasteiger partial charge in [-0.25, -0.2) is 9.50 Å². The molecule has 6 heteroatoms. The number of nitrogen functional groups attached to an aromatic ring is 1. The molecule has 3 N–H and O–H groups in total. The fourth-order valence-electron chi connectivity index (χ4n) is 2.77. The van der Waals surface area contributed by atoms with Crippen molar-refractivity contribution in [3.05, 3.63) is 47.2 Å². The second-order valence-corrected chi connectivity index (χ2v) is 5.11. The molecule has 3 aromatic rings. The van der Waals surface area contributed by atoms with Crippen LogP contribution in [-0.4, -0.2) is 27.6 Å². The van der Waals surface area contributed by atoms with Gasteiger partial charge in [-0.2, -0.15) is 0 Å². The molecule has 1 aromatic carbocycles. The van der Waals surface area contributed by atoms with Crippen LogP contribution in [0, 0.1) is 13.8 Å². The average Bonchev–Trinajstić information content (AvgIpc) is 2.78. The van der Waals surface area contributed by atoms with Crippen molar-refractivity contribution in [2.75, 3.05) is 12.8 Å². The Balaban J connectivity index is 2.42. The molecule has 2 heterocycles. The number of anilines is 1. The van der Waals surface area contributed by atoms with E-state index in [-0.39, 0.29) is 11.9 Å². The summed E-state index contributed by atoms with van der Waals surface area (Å²) in [6.45, 7) is 3.75. The minimum absolute atomic E-state index is 0.141. The zero-order valence-electron chi connectivity index (χ0n) is 12.7. The molecule has 6 nitrogen and oxygen atoms in total. The van der Waals surface area contributed by atoms with Gasteiger partial charge >= 0.3 is 0 Å². The van der Waals surface area contributed by atoms with E-state index >= 15 is 0 Å². The first-order chi connectivity index (χ1) is 10.5. The predicted molar refractivity (Wildman–Crippen MR) is 85.7 cm³/mol. The summed E-state index contributed by atoms with van der Waals surface area (Å²) in [5.74, 6) is 0.0333. The number of hydrogen-bond acceptors (Lipinski definition) is 4. The minimum atomic E-state index is -0.141. The largest absolute Gasteiger partial charge is 0.367 e. The first kappa shape index (κ1) is 14.1. The maximum Gasteiger partial charge on any atom is 0.253 e. The van der Waals surface area contributed by atoms with Crippen LogP contribution < -0.4 is 11.1 Å². The van der Waals surface area contributed by atoms with Gasteiger partial charge in [0.1, 0.15) is 5.69 Å². The Morgan fingerprint density at radius 1 is 1.23 bits per heavy atom. The Kier molecular flexibility index (Phi) is 3.29. The van der Waals surface area contributed by atoms with Gasteiger partial charge in [-0.05, 0) is 19.4 Å². The van der Waals surface area contributed by atoms with Crippen LogP contribution in [0.4, 0.5) is 5.95 Å². The summed E-state index contributed by atoms with van der Waals surface area (Å²) in [6, 6.07) is 9.74. The van der Waals surface area contributed by atoms with E-state index in [0.29, 0.717) is 5.56 Å². The number of fused-ring (bicyclic) bond motifs is 1. The number of nitrogens with zero attached hydrogens (tertiary/aromatic N) is 3. The summed E-state index contributed by atoms with van der Waals surface area (Å²) in [4.78, 5) is 16.5. The van der Waals surface area contributed by atoms with Crippen LogP contribution in [0.5, 0.6) is 0 Å². The molecular formula is C16H17N5O. The Labute approximate surface area is 128 Å². The quantitative estimate of drug-likeness (QED) is 0.756. The van der Waals surface area contributed by atoms with E-state index in [0.717, 1.165) is 28.0 Å². The van der Waals surface area contributed by atoms with Crippen LogP contribution in [-0.2, 0) is 0 Å². The number of hydrogen-bond donors (Lipinski definition) is 2. The van der Waals surface area contributed by atoms with E-state index in [1.54, 1.807) is 11.6 Å². The van der Waals surface area contributed by atoms with Gasteiger partial charge in [0.25, 0.3) is 5.91 Å². The first-order valence-electron chi connectivity index (χ1n) is 6.97. The predicted octanol–water partition coefficient (Wildman–Crippen LogP) is 1.95. The second-order valence-electron chi connectivity index (χ2n) is 5.11. The first-order valence-corrected chi connectivity index (χ1v) is 6.97. The number of carbonyl (C=O) groups excluding carboxylic acids is 1. The normalized spacial score (nSPS) is 10.9. The topological polar surface area (TPSA) is 85.3 Å². The van der Waals surface area contributed by atoms with Crippen LogP contribution in [0.1, 0.15) is 21.6 Å². The number of nitrogens with two attached hydrogens (primary N) is 1. The second kappa shape index (κ2) is 5.14. The van der Waals surface area contributed by atoms with Crippen LogP contribution in [0.25, 0.3) is 16.8 Å². The molecule has 1 amide bonds. The van der Waals surface area contributed by atoms with E-state index in [9.17, 15) is 4.79 Å². The maximum atomic E-state index is 12.2. The number of rotatable bonds is 2. The summed E-state index contributed by atoms with van der Waals surface area (Å²) in [7, 11) is 1.61. The maximum absolute atomic E-state index is 12.2. The molecule has 0 aliphatic rings. The molecule has 0 aliphatic heterocycles.